The van der Waals surface area contributed by atoms with Gasteiger partial charge in [0.2, 0.25) is 10.0 Å². The van der Waals surface area contributed by atoms with Gasteiger partial charge in [-0.2, -0.15) is 0 Å². The molecule has 1 aliphatic carbocycles. The maximum Gasteiger partial charge on any atom is 0.212 e. The maximum atomic E-state index is 11.7. The fourth-order valence-electron chi connectivity index (χ4n) is 1.61. The van der Waals surface area contributed by atoms with Gasteiger partial charge in [0.05, 0.1) is 16.5 Å². The predicted molar refractivity (Wildman–Crippen MR) is 73.4 cm³/mol. The second-order valence-electron chi connectivity index (χ2n) is 4.55. The van der Waals surface area contributed by atoms with Gasteiger partial charge in [0, 0.05) is 30.9 Å². The molecular weight excluding hydrogens is 270 g/mol. The molecule has 1 aromatic rings. The summed E-state index contributed by atoms with van der Waals surface area (Å²) >= 11 is 1.59. The Balaban J connectivity index is 1.64. The van der Waals surface area contributed by atoms with Gasteiger partial charge in [-0.05, 0) is 19.8 Å². The molecule has 0 unspecified atom stereocenters. The van der Waals surface area contributed by atoms with E-state index in [0.717, 1.165) is 10.7 Å². The number of nitrogens with zero attached hydrogens (tertiary/aromatic N) is 1. The van der Waals surface area contributed by atoms with Crippen LogP contribution in [0.4, 0.5) is 0 Å². The van der Waals surface area contributed by atoms with E-state index in [1.54, 1.807) is 11.3 Å². The zero-order valence-electron chi connectivity index (χ0n) is 10.5. The van der Waals surface area contributed by atoms with Crippen LogP contribution in [0.5, 0.6) is 0 Å². The van der Waals surface area contributed by atoms with Crippen LogP contribution in [0.3, 0.4) is 0 Å². The van der Waals surface area contributed by atoms with E-state index in [4.69, 9.17) is 0 Å². The first kappa shape index (κ1) is 13.9. The molecule has 2 rings (SSSR count). The molecule has 7 heteroatoms. The molecule has 5 nitrogen and oxygen atoms in total. The van der Waals surface area contributed by atoms with Crippen LogP contribution in [0.2, 0.25) is 0 Å². The molecule has 0 atom stereocenters. The summed E-state index contributed by atoms with van der Waals surface area (Å²) in [5, 5.41) is 6.18. The van der Waals surface area contributed by atoms with E-state index in [0.29, 0.717) is 25.6 Å². The lowest BCUT2D eigenvalue weighted by molar-refractivity contribution is 0.576. The van der Waals surface area contributed by atoms with Crippen molar-refractivity contribution >= 4 is 21.4 Å². The van der Waals surface area contributed by atoms with Crippen LogP contribution in [0.15, 0.2) is 5.38 Å². The SMILES string of the molecule is Cc1nc(CCNS(=O)(=O)CCNC2CC2)cs1. The van der Waals surface area contributed by atoms with E-state index in [1.165, 1.54) is 12.8 Å². The van der Waals surface area contributed by atoms with Crippen LogP contribution in [0, 0.1) is 6.92 Å². The second kappa shape index (κ2) is 6.10. The molecule has 0 spiro atoms. The van der Waals surface area contributed by atoms with E-state index in [1.807, 2.05) is 12.3 Å². The van der Waals surface area contributed by atoms with Crippen molar-refractivity contribution in [3.8, 4) is 0 Å². The molecule has 1 fully saturated rings. The van der Waals surface area contributed by atoms with Crippen molar-refractivity contribution in [2.24, 2.45) is 0 Å². The normalized spacial score (nSPS) is 16.1. The summed E-state index contributed by atoms with van der Waals surface area (Å²) in [4.78, 5) is 4.30. The minimum absolute atomic E-state index is 0.152. The average molecular weight is 289 g/mol. The fraction of sp³-hybridized carbons (Fsp3) is 0.727. The molecule has 1 aromatic heterocycles. The van der Waals surface area contributed by atoms with Crippen molar-refractivity contribution in [2.45, 2.75) is 32.2 Å². The van der Waals surface area contributed by atoms with Crippen LogP contribution in [-0.2, 0) is 16.4 Å². The average Bonchev–Trinajstić information content (AvgIpc) is 3.01. The van der Waals surface area contributed by atoms with Crippen molar-refractivity contribution in [2.75, 3.05) is 18.8 Å². The Morgan fingerprint density at radius 2 is 2.22 bits per heavy atom. The standard InChI is InChI=1S/C11H19N3O2S2/c1-9-14-11(8-17-9)4-5-13-18(15,16)7-6-12-10-2-3-10/h8,10,12-13H,2-7H2,1H3. The second-order valence-corrected chi connectivity index (χ2v) is 7.54. The molecule has 0 saturated heterocycles. The largest absolute Gasteiger partial charge is 0.313 e. The summed E-state index contributed by atoms with van der Waals surface area (Å²) in [7, 11) is -3.15. The van der Waals surface area contributed by atoms with E-state index < -0.39 is 10.0 Å². The van der Waals surface area contributed by atoms with Gasteiger partial charge >= 0.3 is 0 Å². The lowest BCUT2D eigenvalue weighted by Gasteiger charge is -2.06. The minimum Gasteiger partial charge on any atom is -0.313 e. The highest BCUT2D eigenvalue weighted by atomic mass is 32.2. The topological polar surface area (TPSA) is 71.1 Å². The third-order valence-electron chi connectivity index (χ3n) is 2.75. The Kier molecular flexibility index (Phi) is 4.71. The lowest BCUT2D eigenvalue weighted by Crippen LogP contribution is -2.33. The fourth-order valence-corrected chi connectivity index (χ4v) is 3.21. The van der Waals surface area contributed by atoms with Gasteiger partial charge in [0.1, 0.15) is 0 Å². The van der Waals surface area contributed by atoms with Gasteiger partial charge in [-0.15, -0.1) is 11.3 Å². The molecule has 0 radical (unpaired) electrons. The zero-order valence-corrected chi connectivity index (χ0v) is 12.1. The van der Waals surface area contributed by atoms with Gasteiger partial charge in [-0.3, -0.25) is 0 Å². The molecule has 18 heavy (non-hydrogen) atoms. The Bertz CT molecular complexity index is 480. The molecular formula is C11H19N3O2S2. The van der Waals surface area contributed by atoms with Crippen molar-refractivity contribution in [3.63, 3.8) is 0 Å². The zero-order chi connectivity index (χ0) is 13.0. The number of sulfonamides is 1. The number of aromatic nitrogens is 1. The first-order valence-corrected chi connectivity index (χ1v) is 8.70. The Morgan fingerprint density at radius 1 is 1.44 bits per heavy atom. The monoisotopic (exact) mass is 289 g/mol. The smallest absolute Gasteiger partial charge is 0.212 e. The van der Waals surface area contributed by atoms with Gasteiger partial charge < -0.3 is 5.32 Å². The number of hydrogen-bond donors (Lipinski definition) is 2. The molecule has 1 heterocycles. The summed E-state index contributed by atoms with van der Waals surface area (Å²) in [6.07, 6.45) is 3.01. The third kappa shape index (κ3) is 5.01. The van der Waals surface area contributed by atoms with E-state index in [-0.39, 0.29) is 5.75 Å². The Morgan fingerprint density at radius 3 is 2.83 bits per heavy atom. The molecule has 2 N–H and O–H groups in total. The van der Waals surface area contributed by atoms with Gasteiger partial charge in [-0.1, -0.05) is 0 Å². The summed E-state index contributed by atoms with van der Waals surface area (Å²) in [6.45, 7) is 2.91. The highest BCUT2D eigenvalue weighted by Crippen LogP contribution is 2.17. The van der Waals surface area contributed by atoms with Crippen LogP contribution in [-0.4, -0.2) is 38.3 Å². The minimum atomic E-state index is -3.15. The third-order valence-corrected chi connectivity index (χ3v) is 4.96. The first-order chi connectivity index (χ1) is 8.55. The number of hydrogen-bond acceptors (Lipinski definition) is 5. The molecule has 1 aliphatic rings. The summed E-state index contributed by atoms with van der Waals surface area (Å²) < 4.78 is 25.9. The Hall–Kier alpha value is -0.500. The molecule has 0 aliphatic heterocycles. The summed E-state index contributed by atoms with van der Waals surface area (Å²) in [5.74, 6) is 0.152. The number of aryl methyl sites for hydroxylation is 1. The highest BCUT2D eigenvalue weighted by Gasteiger charge is 2.21. The molecule has 0 bridgehead atoms. The Labute approximate surface area is 112 Å². The molecule has 1 saturated carbocycles. The van der Waals surface area contributed by atoms with Crippen molar-refractivity contribution < 1.29 is 8.42 Å². The quantitative estimate of drug-likeness (QED) is 0.738. The van der Waals surface area contributed by atoms with Crippen molar-refractivity contribution in [1.82, 2.24) is 15.0 Å². The first-order valence-electron chi connectivity index (χ1n) is 6.17. The van der Waals surface area contributed by atoms with Crippen molar-refractivity contribution in [1.29, 1.82) is 0 Å². The summed E-state index contributed by atoms with van der Waals surface area (Å²) in [5.41, 5.74) is 0.955. The van der Waals surface area contributed by atoms with Crippen molar-refractivity contribution in [3.05, 3.63) is 16.1 Å². The highest BCUT2D eigenvalue weighted by molar-refractivity contribution is 7.89. The number of nitrogens with one attached hydrogen (secondary N) is 2. The van der Waals surface area contributed by atoms with Crippen LogP contribution >= 0.6 is 11.3 Å². The molecule has 102 valence electrons. The molecule has 0 amide bonds. The van der Waals surface area contributed by atoms with Crippen LogP contribution in [0.1, 0.15) is 23.5 Å². The van der Waals surface area contributed by atoms with Gasteiger partial charge in [0.15, 0.2) is 0 Å². The van der Waals surface area contributed by atoms with Crippen LogP contribution in [0.25, 0.3) is 0 Å². The number of rotatable bonds is 8. The van der Waals surface area contributed by atoms with E-state index >= 15 is 0 Å². The lowest BCUT2D eigenvalue weighted by atomic mass is 10.3. The maximum absolute atomic E-state index is 11.7. The van der Waals surface area contributed by atoms with E-state index in [9.17, 15) is 8.42 Å². The van der Waals surface area contributed by atoms with E-state index in [2.05, 4.69) is 15.0 Å². The predicted octanol–water partition coefficient (Wildman–Crippen LogP) is 0.665. The van der Waals surface area contributed by atoms with Crippen LogP contribution < -0.4 is 10.0 Å². The number of thiazole rings is 1. The van der Waals surface area contributed by atoms with Gasteiger partial charge in [0.25, 0.3) is 0 Å². The summed E-state index contributed by atoms with van der Waals surface area (Å²) in [6, 6.07) is 0.554. The molecule has 0 aromatic carbocycles. The van der Waals surface area contributed by atoms with Gasteiger partial charge in [-0.25, -0.2) is 18.1 Å².